The third kappa shape index (κ3) is 4.83. The Kier molecular flexibility index (Phi) is 5.22. The van der Waals surface area contributed by atoms with Crippen molar-refractivity contribution in [2.75, 3.05) is 19.0 Å². The van der Waals surface area contributed by atoms with Crippen LogP contribution in [0.4, 0.5) is 18.9 Å². The first-order valence-electron chi connectivity index (χ1n) is 6.95. The average molecular weight is 339 g/mol. The van der Waals surface area contributed by atoms with Gasteiger partial charge in [0.25, 0.3) is 5.91 Å². The van der Waals surface area contributed by atoms with Crippen LogP contribution in [0.15, 0.2) is 41.6 Å². The highest BCUT2D eigenvalue weighted by Crippen LogP contribution is 2.27. The zero-order valence-corrected chi connectivity index (χ0v) is 13.1. The van der Waals surface area contributed by atoms with Gasteiger partial charge in [-0.05, 0) is 23.8 Å². The van der Waals surface area contributed by atoms with Crippen molar-refractivity contribution in [3.05, 3.63) is 47.8 Å². The number of hydrazone groups is 1. The highest BCUT2D eigenvalue weighted by atomic mass is 19.4. The lowest BCUT2D eigenvalue weighted by atomic mass is 10.2. The van der Waals surface area contributed by atoms with Crippen molar-refractivity contribution < 1.29 is 18.0 Å². The van der Waals surface area contributed by atoms with Crippen molar-refractivity contribution in [3.8, 4) is 0 Å². The molecule has 1 aromatic carbocycles. The smallest absolute Gasteiger partial charge is 0.378 e. The lowest BCUT2D eigenvalue weighted by molar-refractivity contribution is -0.141. The Morgan fingerprint density at radius 2 is 1.96 bits per heavy atom. The molecule has 1 aromatic heterocycles. The predicted octanol–water partition coefficient (Wildman–Crippen LogP) is 2.12. The second kappa shape index (κ2) is 7.16. The van der Waals surface area contributed by atoms with E-state index in [4.69, 9.17) is 0 Å². The van der Waals surface area contributed by atoms with E-state index in [1.165, 1.54) is 6.21 Å². The van der Waals surface area contributed by atoms with Crippen LogP contribution < -0.4 is 10.3 Å². The molecule has 1 N–H and O–H groups in total. The zero-order chi connectivity index (χ0) is 17.7. The van der Waals surface area contributed by atoms with E-state index < -0.39 is 17.8 Å². The summed E-state index contributed by atoms with van der Waals surface area (Å²) in [7, 11) is 3.84. The summed E-state index contributed by atoms with van der Waals surface area (Å²) in [5.41, 5.74) is 3.00. The Morgan fingerprint density at radius 1 is 1.29 bits per heavy atom. The van der Waals surface area contributed by atoms with Gasteiger partial charge in [0.15, 0.2) is 5.69 Å². The topological polar surface area (TPSA) is 62.5 Å². The molecule has 0 bridgehead atoms. The fraction of sp³-hybridized carbons (Fsp3) is 0.267. The minimum absolute atomic E-state index is 0.354. The van der Waals surface area contributed by atoms with E-state index in [0.29, 0.717) is 0 Å². The van der Waals surface area contributed by atoms with Gasteiger partial charge in [0.05, 0.1) is 6.21 Å². The summed E-state index contributed by atoms with van der Waals surface area (Å²) in [6.07, 6.45) is -1.99. The number of benzene rings is 1. The van der Waals surface area contributed by atoms with E-state index >= 15 is 0 Å². The Bertz CT molecular complexity index is 719. The number of anilines is 1. The van der Waals surface area contributed by atoms with Crippen LogP contribution in [0.3, 0.4) is 0 Å². The second-order valence-corrected chi connectivity index (χ2v) is 5.18. The van der Waals surface area contributed by atoms with Gasteiger partial charge in [-0.25, -0.2) is 5.43 Å². The van der Waals surface area contributed by atoms with Gasteiger partial charge in [0.2, 0.25) is 0 Å². The molecule has 0 unspecified atom stereocenters. The molecule has 0 spiro atoms. The van der Waals surface area contributed by atoms with Gasteiger partial charge in [-0.3, -0.25) is 9.48 Å². The molecule has 0 atom stereocenters. The molecule has 0 aliphatic rings. The van der Waals surface area contributed by atoms with Crippen molar-refractivity contribution in [1.82, 2.24) is 15.2 Å². The third-order valence-electron chi connectivity index (χ3n) is 3.05. The van der Waals surface area contributed by atoms with Crippen LogP contribution in [-0.2, 0) is 17.5 Å². The molecule has 0 aliphatic carbocycles. The molecule has 0 fully saturated rings. The normalized spacial score (nSPS) is 11.7. The molecule has 0 aliphatic heterocycles. The van der Waals surface area contributed by atoms with E-state index in [-0.39, 0.29) is 6.54 Å². The maximum Gasteiger partial charge on any atom is 0.435 e. The maximum absolute atomic E-state index is 12.4. The van der Waals surface area contributed by atoms with Gasteiger partial charge in [-0.2, -0.15) is 23.4 Å². The van der Waals surface area contributed by atoms with E-state index in [0.717, 1.165) is 28.2 Å². The largest absolute Gasteiger partial charge is 0.435 e. The molecule has 128 valence electrons. The van der Waals surface area contributed by atoms with Crippen molar-refractivity contribution in [3.63, 3.8) is 0 Å². The van der Waals surface area contributed by atoms with Crippen LogP contribution in [-0.4, -0.2) is 36.0 Å². The lowest BCUT2D eigenvalue weighted by Crippen LogP contribution is -2.23. The number of alkyl halides is 3. The Morgan fingerprint density at radius 3 is 2.50 bits per heavy atom. The molecule has 1 amide bonds. The number of carbonyl (C=O) groups excluding carboxylic acids is 1. The lowest BCUT2D eigenvalue weighted by Gasteiger charge is -2.11. The highest BCUT2D eigenvalue weighted by molar-refractivity contribution is 5.82. The molecular formula is C15H16F3N5O. The van der Waals surface area contributed by atoms with Gasteiger partial charge in [-0.15, -0.1) is 0 Å². The van der Waals surface area contributed by atoms with Gasteiger partial charge in [0, 0.05) is 26.0 Å². The molecule has 2 aromatic rings. The summed E-state index contributed by atoms with van der Waals surface area (Å²) in [6, 6.07) is 8.25. The third-order valence-corrected chi connectivity index (χ3v) is 3.05. The molecule has 1 heterocycles. The van der Waals surface area contributed by atoms with Crippen LogP contribution in [0, 0.1) is 0 Å². The Balaban J connectivity index is 1.87. The second-order valence-electron chi connectivity index (χ2n) is 5.18. The first-order chi connectivity index (χ1) is 11.3. The number of hydrogen-bond acceptors (Lipinski definition) is 4. The fourth-order valence-electron chi connectivity index (χ4n) is 1.82. The van der Waals surface area contributed by atoms with E-state index in [2.05, 4.69) is 15.6 Å². The van der Waals surface area contributed by atoms with Crippen molar-refractivity contribution in [1.29, 1.82) is 0 Å². The van der Waals surface area contributed by atoms with E-state index in [1.807, 2.05) is 43.3 Å². The van der Waals surface area contributed by atoms with Crippen LogP contribution in [0.5, 0.6) is 0 Å². The van der Waals surface area contributed by atoms with Crippen molar-refractivity contribution >= 4 is 17.8 Å². The number of nitrogens with one attached hydrogen (secondary N) is 1. The van der Waals surface area contributed by atoms with Crippen LogP contribution >= 0.6 is 0 Å². The standard InChI is InChI=1S/C15H16F3N5O/c1-22(2)12-5-3-11(4-6-12)9-19-20-14(24)10-23-8-7-13(21-23)15(16,17)18/h3-9H,10H2,1-2H3,(H,20,24)/b19-9-. The minimum atomic E-state index is -4.53. The molecule has 0 saturated heterocycles. The number of carbonyl (C=O) groups is 1. The Hall–Kier alpha value is -2.84. The number of aromatic nitrogens is 2. The minimum Gasteiger partial charge on any atom is -0.378 e. The number of hydrogen-bond donors (Lipinski definition) is 1. The number of rotatable bonds is 5. The monoisotopic (exact) mass is 339 g/mol. The molecular weight excluding hydrogens is 323 g/mol. The quantitative estimate of drug-likeness (QED) is 0.670. The zero-order valence-electron chi connectivity index (χ0n) is 13.1. The van der Waals surface area contributed by atoms with E-state index in [1.54, 1.807) is 0 Å². The molecule has 0 saturated carbocycles. The highest BCUT2D eigenvalue weighted by Gasteiger charge is 2.33. The van der Waals surface area contributed by atoms with Gasteiger partial charge < -0.3 is 4.90 Å². The van der Waals surface area contributed by atoms with Crippen molar-refractivity contribution in [2.45, 2.75) is 12.7 Å². The predicted molar refractivity (Wildman–Crippen MR) is 83.7 cm³/mol. The number of halogens is 3. The maximum atomic E-state index is 12.4. The summed E-state index contributed by atoms with van der Waals surface area (Å²) in [6.45, 7) is -0.354. The van der Waals surface area contributed by atoms with Crippen LogP contribution in [0.1, 0.15) is 11.3 Å². The van der Waals surface area contributed by atoms with Crippen LogP contribution in [0.2, 0.25) is 0 Å². The van der Waals surface area contributed by atoms with Gasteiger partial charge >= 0.3 is 6.18 Å². The average Bonchev–Trinajstić information content (AvgIpc) is 2.96. The van der Waals surface area contributed by atoms with Gasteiger partial charge in [0.1, 0.15) is 6.54 Å². The summed E-state index contributed by atoms with van der Waals surface area (Å²) in [5.74, 6) is -0.576. The first kappa shape index (κ1) is 17.5. The first-order valence-corrected chi connectivity index (χ1v) is 6.95. The molecule has 9 heteroatoms. The SMILES string of the molecule is CN(C)c1ccc(/C=N\NC(=O)Cn2ccc(C(F)(F)F)n2)cc1. The fourth-order valence-corrected chi connectivity index (χ4v) is 1.82. The Labute approximate surface area is 136 Å². The number of amides is 1. The van der Waals surface area contributed by atoms with E-state index in [9.17, 15) is 18.0 Å². The number of nitrogens with zero attached hydrogens (tertiary/aromatic N) is 4. The summed E-state index contributed by atoms with van der Waals surface area (Å²) >= 11 is 0. The molecule has 0 radical (unpaired) electrons. The summed E-state index contributed by atoms with van der Waals surface area (Å²) < 4.78 is 38.1. The summed E-state index contributed by atoms with van der Waals surface area (Å²) in [5, 5.41) is 7.05. The summed E-state index contributed by atoms with van der Waals surface area (Å²) in [4.78, 5) is 13.6. The van der Waals surface area contributed by atoms with Crippen LogP contribution in [0.25, 0.3) is 0 Å². The molecule has 2 rings (SSSR count). The van der Waals surface area contributed by atoms with Crippen molar-refractivity contribution in [2.24, 2.45) is 5.10 Å². The molecule has 24 heavy (non-hydrogen) atoms. The molecule has 6 nitrogen and oxygen atoms in total. The van der Waals surface area contributed by atoms with Gasteiger partial charge in [-0.1, -0.05) is 12.1 Å².